The maximum atomic E-state index is 12.8. The van der Waals surface area contributed by atoms with Crippen molar-refractivity contribution in [1.82, 2.24) is 10.2 Å². The molecule has 0 aromatic heterocycles. The lowest BCUT2D eigenvalue weighted by Gasteiger charge is -2.32. The highest BCUT2D eigenvalue weighted by Crippen LogP contribution is 2.28. The molecule has 2 amide bonds. The molecule has 0 radical (unpaired) electrons. The van der Waals surface area contributed by atoms with Crippen molar-refractivity contribution in [3.8, 4) is 11.5 Å². The highest BCUT2D eigenvalue weighted by molar-refractivity contribution is 6.30. The van der Waals surface area contributed by atoms with Gasteiger partial charge in [-0.15, -0.1) is 0 Å². The molecule has 29 heavy (non-hydrogen) atoms. The lowest BCUT2D eigenvalue weighted by Crippen LogP contribution is -2.46. The minimum atomic E-state index is -0.0466. The van der Waals surface area contributed by atoms with Crippen LogP contribution in [0.1, 0.15) is 28.8 Å². The fraction of sp³-hybridized carbons (Fsp3) is 0.364. The number of benzene rings is 2. The summed E-state index contributed by atoms with van der Waals surface area (Å²) in [5.74, 6) is 1.04. The van der Waals surface area contributed by atoms with Gasteiger partial charge < -0.3 is 19.7 Å². The molecule has 2 aromatic carbocycles. The Balaban J connectivity index is 1.52. The first-order valence-electron chi connectivity index (χ1n) is 9.55. The van der Waals surface area contributed by atoms with E-state index in [1.165, 1.54) is 0 Å². The van der Waals surface area contributed by atoms with E-state index in [1.807, 2.05) is 12.1 Å². The number of halogens is 1. The van der Waals surface area contributed by atoms with E-state index in [4.69, 9.17) is 21.1 Å². The topological polar surface area (TPSA) is 67.9 Å². The van der Waals surface area contributed by atoms with Crippen molar-refractivity contribution in [2.75, 3.05) is 27.3 Å². The molecule has 1 saturated heterocycles. The molecule has 1 fully saturated rings. The maximum Gasteiger partial charge on any atom is 0.253 e. The number of carbonyl (C=O) groups excluding carboxylic acids is 2. The van der Waals surface area contributed by atoms with Gasteiger partial charge in [-0.2, -0.15) is 0 Å². The smallest absolute Gasteiger partial charge is 0.253 e. The Labute approximate surface area is 175 Å². The predicted octanol–water partition coefficient (Wildman–Crippen LogP) is 3.32. The summed E-state index contributed by atoms with van der Waals surface area (Å²) in [6, 6.07) is 12.5. The SMILES string of the molecule is COc1ccc(C(=O)N2CCC(NC(=O)Cc3cccc(Cl)c3)CC2)cc1OC. The summed E-state index contributed by atoms with van der Waals surface area (Å²) in [7, 11) is 3.11. The molecular weight excluding hydrogens is 392 g/mol. The molecule has 0 spiro atoms. The van der Waals surface area contributed by atoms with E-state index < -0.39 is 0 Å². The van der Waals surface area contributed by atoms with E-state index in [9.17, 15) is 9.59 Å². The van der Waals surface area contributed by atoms with Crippen LogP contribution >= 0.6 is 11.6 Å². The van der Waals surface area contributed by atoms with Crippen LogP contribution in [0.15, 0.2) is 42.5 Å². The summed E-state index contributed by atoms with van der Waals surface area (Å²) in [6.07, 6.45) is 1.74. The summed E-state index contributed by atoms with van der Waals surface area (Å²) >= 11 is 5.97. The standard InChI is InChI=1S/C22H25ClN2O4/c1-28-19-7-6-16(14-20(19)29-2)22(27)25-10-8-18(9-11-25)24-21(26)13-15-4-3-5-17(23)12-15/h3-7,12,14,18H,8-11,13H2,1-2H3,(H,24,26). The number of carbonyl (C=O) groups is 2. The van der Waals surface area contributed by atoms with Crippen LogP contribution in [0.25, 0.3) is 0 Å². The molecule has 1 N–H and O–H groups in total. The molecule has 3 rings (SSSR count). The lowest BCUT2D eigenvalue weighted by atomic mass is 10.0. The second-order valence-corrected chi connectivity index (χ2v) is 7.45. The van der Waals surface area contributed by atoms with Crippen molar-refractivity contribution in [3.05, 3.63) is 58.6 Å². The van der Waals surface area contributed by atoms with Crippen LogP contribution < -0.4 is 14.8 Å². The molecule has 0 saturated carbocycles. The largest absolute Gasteiger partial charge is 0.493 e. The van der Waals surface area contributed by atoms with E-state index in [2.05, 4.69) is 5.32 Å². The molecule has 154 valence electrons. The minimum Gasteiger partial charge on any atom is -0.493 e. The summed E-state index contributed by atoms with van der Waals surface area (Å²) in [5, 5.41) is 3.69. The third kappa shape index (κ3) is 5.41. The number of hydrogen-bond donors (Lipinski definition) is 1. The molecule has 0 atom stereocenters. The number of methoxy groups -OCH3 is 2. The molecule has 0 aliphatic carbocycles. The molecule has 7 heteroatoms. The van der Waals surface area contributed by atoms with Crippen LogP contribution in [0.4, 0.5) is 0 Å². The summed E-state index contributed by atoms with van der Waals surface area (Å²) in [4.78, 5) is 26.9. The first-order valence-corrected chi connectivity index (χ1v) is 9.93. The van der Waals surface area contributed by atoms with Gasteiger partial charge in [-0.25, -0.2) is 0 Å². The number of piperidine rings is 1. The highest BCUT2D eigenvalue weighted by atomic mass is 35.5. The van der Waals surface area contributed by atoms with Crippen LogP contribution in [0, 0.1) is 0 Å². The van der Waals surface area contributed by atoms with Crippen LogP contribution in [0.2, 0.25) is 5.02 Å². The Hall–Kier alpha value is -2.73. The van der Waals surface area contributed by atoms with E-state index in [0.29, 0.717) is 41.6 Å². The third-order valence-corrected chi connectivity index (χ3v) is 5.27. The molecular formula is C22H25ClN2O4. The van der Waals surface area contributed by atoms with Gasteiger partial charge in [0.25, 0.3) is 5.91 Å². The molecule has 1 heterocycles. The first kappa shape index (κ1) is 21.0. The number of amides is 2. The second kappa shape index (κ2) is 9.65. The normalized spacial score (nSPS) is 14.4. The third-order valence-electron chi connectivity index (χ3n) is 5.03. The van der Waals surface area contributed by atoms with Gasteiger partial charge in [0.15, 0.2) is 11.5 Å². The Morgan fingerprint density at radius 2 is 1.79 bits per heavy atom. The van der Waals surface area contributed by atoms with Crippen LogP contribution in [-0.2, 0) is 11.2 Å². The number of nitrogens with zero attached hydrogens (tertiary/aromatic N) is 1. The maximum absolute atomic E-state index is 12.8. The molecule has 0 bridgehead atoms. The van der Waals surface area contributed by atoms with Crippen molar-refractivity contribution in [3.63, 3.8) is 0 Å². The Morgan fingerprint density at radius 3 is 2.45 bits per heavy atom. The lowest BCUT2D eigenvalue weighted by molar-refractivity contribution is -0.121. The molecule has 6 nitrogen and oxygen atoms in total. The molecule has 1 aliphatic heterocycles. The predicted molar refractivity (Wildman–Crippen MR) is 112 cm³/mol. The first-order chi connectivity index (χ1) is 14.0. The highest BCUT2D eigenvalue weighted by Gasteiger charge is 2.25. The number of ether oxygens (including phenoxy) is 2. The van der Waals surface area contributed by atoms with Gasteiger partial charge in [0, 0.05) is 29.7 Å². The van der Waals surface area contributed by atoms with E-state index >= 15 is 0 Å². The number of rotatable bonds is 6. The summed E-state index contributed by atoms with van der Waals surface area (Å²) in [6.45, 7) is 1.19. The molecule has 1 aliphatic rings. The zero-order valence-corrected chi connectivity index (χ0v) is 17.4. The van der Waals surface area contributed by atoms with Crippen molar-refractivity contribution in [2.24, 2.45) is 0 Å². The number of hydrogen-bond acceptors (Lipinski definition) is 4. The van der Waals surface area contributed by atoms with Crippen molar-refractivity contribution in [1.29, 1.82) is 0 Å². The van der Waals surface area contributed by atoms with Gasteiger partial charge in [0.1, 0.15) is 0 Å². The van der Waals surface area contributed by atoms with E-state index in [-0.39, 0.29) is 17.9 Å². The zero-order valence-electron chi connectivity index (χ0n) is 16.6. The Morgan fingerprint density at radius 1 is 1.07 bits per heavy atom. The number of nitrogens with one attached hydrogen (secondary N) is 1. The fourth-order valence-corrected chi connectivity index (χ4v) is 3.70. The average Bonchev–Trinajstić information content (AvgIpc) is 2.73. The molecule has 2 aromatic rings. The zero-order chi connectivity index (χ0) is 20.8. The molecule has 0 unspecified atom stereocenters. The fourth-order valence-electron chi connectivity index (χ4n) is 3.49. The van der Waals surface area contributed by atoms with Gasteiger partial charge in [0.05, 0.1) is 20.6 Å². The second-order valence-electron chi connectivity index (χ2n) is 7.01. The van der Waals surface area contributed by atoms with E-state index in [0.717, 1.165) is 18.4 Å². The minimum absolute atomic E-state index is 0.0306. The van der Waals surface area contributed by atoms with Crippen molar-refractivity contribution in [2.45, 2.75) is 25.3 Å². The van der Waals surface area contributed by atoms with Gasteiger partial charge in [-0.05, 0) is 48.7 Å². The van der Waals surface area contributed by atoms with Crippen LogP contribution in [0.5, 0.6) is 11.5 Å². The number of likely N-dealkylation sites (tertiary alicyclic amines) is 1. The average molecular weight is 417 g/mol. The van der Waals surface area contributed by atoms with Crippen molar-refractivity contribution >= 4 is 23.4 Å². The van der Waals surface area contributed by atoms with E-state index in [1.54, 1.807) is 49.5 Å². The summed E-state index contributed by atoms with van der Waals surface area (Å²) in [5.41, 5.74) is 1.45. The Bertz CT molecular complexity index is 879. The summed E-state index contributed by atoms with van der Waals surface area (Å²) < 4.78 is 10.5. The van der Waals surface area contributed by atoms with Gasteiger partial charge in [-0.3, -0.25) is 9.59 Å². The van der Waals surface area contributed by atoms with Gasteiger partial charge >= 0.3 is 0 Å². The van der Waals surface area contributed by atoms with Gasteiger partial charge in [-0.1, -0.05) is 23.7 Å². The van der Waals surface area contributed by atoms with Crippen LogP contribution in [0.3, 0.4) is 0 Å². The quantitative estimate of drug-likeness (QED) is 0.784. The monoisotopic (exact) mass is 416 g/mol. The van der Waals surface area contributed by atoms with Crippen molar-refractivity contribution < 1.29 is 19.1 Å². The van der Waals surface area contributed by atoms with Crippen LogP contribution in [-0.4, -0.2) is 50.1 Å². The Kier molecular flexibility index (Phi) is 6.99. The van der Waals surface area contributed by atoms with Gasteiger partial charge in [0.2, 0.25) is 5.91 Å².